The van der Waals surface area contributed by atoms with Crippen LogP contribution in [0.5, 0.6) is 0 Å². The average Bonchev–Trinajstić information content (AvgIpc) is 1.16. The van der Waals surface area contributed by atoms with Gasteiger partial charge in [0.15, 0.2) is 11.7 Å². The molecule has 0 saturated heterocycles. The minimum Gasteiger partial charge on any atom is -0.369 e. The zero-order chi connectivity index (χ0) is 61.5. The molecule has 0 fully saturated rings. The van der Waals surface area contributed by atoms with Crippen molar-refractivity contribution in [3.05, 3.63) is 115 Å². The van der Waals surface area contributed by atoms with E-state index in [4.69, 9.17) is 9.97 Å². The molecule has 7 aromatic carbocycles. The molecule has 0 amide bonds. The lowest BCUT2D eigenvalue weighted by atomic mass is 9.84. The van der Waals surface area contributed by atoms with Crippen molar-refractivity contribution in [2.75, 3.05) is 13.1 Å². The standard InChI is InChI=1S/C72H89N7O8S/c1-4-7-10-13-16-19-22-25-28-31-34-49-45-59-67(61(46-49)78(82)83)76-69(73-59)55-39-35-51-52-36-40-56-66-58(42-38-54(64(52)66)53-37-41-57(71(76)80)65(55)63(51)53)72(81)77-68-60(74-70(56)77)47-50(48-62(68)79(84)85)88(86,87)75(43-32-29-26-23-20-17-14-11-8-5-2)44-33-30-27-24-21-18-15-12-9-6-3/h35-42,45-48,72,81H,4-34,43-44H2,1-3H3. The highest BCUT2D eigenvalue weighted by atomic mass is 32.2. The monoisotopic (exact) mass is 1210 g/mol. The van der Waals surface area contributed by atoms with Gasteiger partial charge in [0.1, 0.15) is 17.0 Å². The number of nitro benzene ring substituents is 2. The molecule has 0 bridgehead atoms. The van der Waals surface area contributed by atoms with Gasteiger partial charge in [-0.05, 0) is 93.9 Å². The van der Waals surface area contributed by atoms with Gasteiger partial charge in [-0.15, -0.1) is 0 Å². The molecule has 4 heterocycles. The normalized spacial score (nSPS) is 13.7. The van der Waals surface area contributed by atoms with Crippen molar-refractivity contribution in [2.45, 2.75) is 231 Å². The summed E-state index contributed by atoms with van der Waals surface area (Å²) < 4.78 is 34.4. The van der Waals surface area contributed by atoms with Crippen LogP contribution in [0.2, 0.25) is 0 Å². The summed E-state index contributed by atoms with van der Waals surface area (Å²) in [7, 11) is -4.22. The minimum atomic E-state index is -4.22. The van der Waals surface area contributed by atoms with Crippen LogP contribution < -0.4 is 5.56 Å². The van der Waals surface area contributed by atoms with E-state index in [1.807, 2.05) is 48.5 Å². The summed E-state index contributed by atoms with van der Waals surface area (Å²) in [5.41, 5.74) is 2.10. The molecule has 1 aliphatic heterocycles. The molecule has 0 aliphatic carbocycles. The van der Waals surface area contributed by atoms with E-state index in [1.165, 1.54) is 141 Å². The maximum absolute atomic E-state index is 15.0. The Balaban J connectivity index is 0.916. The number of fused-ring (bicyclic) bond motifs is 10. The highest BCUT2D eigenvalue weighted by Gasteiger charge is 2.36. The number of non-ortho nitro benzene ring substituents is 2. The Morgan fingerprint density at radius 3 is 1.47 bits per heavy atom. The van der Waals surface area contributed by atoms with Gasteiger partial charge in [0.2, 0.25) is 10.0 Å². The molecule has 10 aromatic rings. The number of hydrogen-bond donors (Lipinski definition) is 1. The lowest BCUT2D eigenvalue weighted by Gasteiger charge is -2.27. The Labute approximate surface area is 516 Å². The molecule has 16 heteroatoms. The van der Waals surface area contributed by atoms with Crippen LogP contribution in [0.1, 0.15) is 231 Å². The molecule has 15 nitrogen and oxygen atoms in total. The molecule has 88 heavy (non-hydrogen) atoms. The third-order valence-electron chi connectivity index (χ3n) is 19.3. The van der Waals surface area contributed by atoms with Gasteiger partial charge in [-0.2, -0.15) is 4.31 Å². The molecule has 466 valence electrons. The smallest absolute Gasteiger partial charge is 0.296 e. The topological polar surface area (TPSA) is 196 Å². The second-order valence-electron chi connectivity index (χ2n) is 25.4. The maximum atomic E-state index is 15.0. The summed E-state index contributed by atoms with van der Waals surface area (Å²) in [6, 6.07) is 21.5. The summed E-state index contributed by atoms with van der Waals surface area (Å²) in [6.07, 6.45) is 33.5. The molecule has 11 rings (SSSR count). The first-order valence-corrected chi connectivity index (χ1v) is 35.2. The number of nitro groups is 2. The summed E-state index contributed by atoms with van der Waals surface area (Å²) in [6.45, 7) is 7.33. The molecule has 1 aliphatic rings. The number of unbranched alkanes of at least 4 members (excludes halogenated alkanes) is 27. The van der Waals surface area contributed by atoms with Gasteiger partial charge >= 0.3 is 0 Å². The van der Waals surface area contributed by atoms with Crippen LogP contribution in [0, 0.1) is 20.2 Å². The molecule has 1 N–H and O–H groups in total. The van der Waals surface area contributed by atoms with Gasteiger partial charge in [-0.25, -0.2) is 18.4 Å². The van der Waals surface area contributed by atoms with Gasteiger partial charge in [0.25, 0.3) is 16.9 Å². The lowest BCUT2D eigenvalue weighted by Crippen LogP contribution is -2.33. The van der Waals surface area contributed by atoms with E-state index >= 15 is 0 Å². The van der Waals surface area contributed by atoms with Crippen molar-refractivity contribution in [2.24, 2.45) is 0 Å². The first-order chi connectivity index (χ1) is 42.9. The molecule has 0 radical (unpaired) electrons. The average molecular weight is 1210 g/mol. The number of nitrogens with zero attached hydrogens (tertiary/aromatic N) is 7. The Morgan fingerprint density at radius 1 is 0.500 bits per heavy atom. The van der Waals surface area contributed by atoms with Crippen molar-refractivity contribution in [3.8, 4) is 11.4 Å². The van der Waals surface area contributed by atoms with Gasteiger partial charge in [-0.1, -0.05) is 224 Å². The number of benzene rings is 7. The van der Waals surface area contributed by atoms with E-state index in [9.17, 15) is 38.5 Å². The quantitative estimate of drug-likeness (QED) is 0.0129. The van der Waals surface area contributed by atoms with Crippen molar-refractivity contribution in [3.63, 3.8) is 0 Å². The lowest BCUT2D eigenvalue weighted by molar-refractivity contribution is -0.383. The fraction of sp³-hybridized carbons (Fsp3) is 0.514. The first kappa shape index (κ1) is 62.7. The number of aliphatic hydroxyl groups is 1. The summed E-state index contributed by atoms with van der Waals surface area (Å²) in [5.74, 6) is 0.283. The minimum absolute atomic E-state index is 0.0393. The first-order valence-electron chi connectivity index (χ1n) is 33.7. The molecule has 1 atom stereocenters. The van der Waals surface area contributed by atoms with Gasteiger partial charge in [0.05, 0.1) is 25.8 Å². The second kappa shape index (κ2) is 28.3. The molecule has 0 saturated carbocycles. The van der Waals surface area contributed by atoms with Crippen LogP contribution in [-0.4, -0.2) is 59.7 Å². The predicted octanol–water partition coefficient (Wildman–Crippen LogP) is 19.5. The Morgan fingerprint density at radius 2 is 0.932 bits per heavy atom. The largest absolute Gasteiger partial charge is 0.369 e. The summed E-state index contributed by atoms with van der Waals surface area (Å²) in [5, 5.41) is 46.3. The third-order valence-corrected chi connectivity index (χ3v) is 21.2. The second-order valence-corrected chi connectivity index (χ2v) is 27.4. The number of hydrogen-bond acceptors (Lipinski definition) is 10. The number of aromatic nitrogens is 4. The van der Waals surface area contributed by atoms with Crippen molar-refractivity contribution in [1.29, 1.82) is 0 Å². The SMILES string of the molecule is CCCCCCCCCCCCc1cc([N+](=O)[O-])c2c(c1)nc1c3ccc4c5ccc6c7c(ccc(c8ccc(c(=O)n12)c3c84)c75)C(O)n1c-6nc2cc(S(=O)(=O)N(CCCCCCCCCCCC)CCCCCCCCCCCC)cc([N+](=O)[O-])c21. The Kier molecular flexibility index (Phi) is 20.2. The highest BCUT2D eigenvalue weighted by molar-refractivity contribution is 7.89. The molecular formula is C72H89N7O8S. The van der Waals surface area contributed by atoms with E-state index in [2.05, 4.69) is 20.8 Å². The van der Waals surface area contributed by atoms with Crippen LogP contribution in [0.4, 0.5) is 11.4 Å². The highest BCUT2D eigenvalue weighted by Crippen LogP contribution is 2.51. The molecule has 0 spiro atoms. The van der Waals surface area contributed by atoms with Crippen LogP contribution in [0.25, 0.3) is 93.0 Å². The van der Waals surface area contributed by atoms with Crippen LogP contribution in [0.15, 0.2) is 82.5 Å². The zero-order valence-electron chi connectivity index (χ0n) is 52.2. The number of aryl methyl sites for hydroxylation is 1. The van der Waals surface area contributed by atoms with Crippen LogP contribution in [-0.2, 0) is 16.4 Å². The molecule has 3 aromatic heterocycles. The van der Waals surface area contributed by atoms with E-state index in [0.717, 1.165) is 107 Å². The Hall–Kier alpha value is -6.88. The van der Waals surface area contributed by atoms with Crippen molar-refractivity contribution >= 4 is 103 Å². The predicted molar refractivity (Wildman–Crippen MR) is 359 cm³/mol. The number of aliphatic hydroxyl groups excluding tert-OH is 1. The van der Waals surface area contributed by atoms with Gasteiger partial charge in [0, 0.05) is 57.9 Å². The summed E-state index contributed by atoms with van der Waals surface area (Å²) >= 11 is 0. The van der Waals surface area contributed by atoms with Gasteiger partial charge < -0.3 is 5.11 Å². The maximum Gasteiger partial charge on any atom is 0.296 e. The van der Waals surface area contributed by atoms with E-state index in [-0.39, 0.29) is 33.0 Å². The molecular weight excluding hydrogens is 1120 g/mol. The van der Waals surface area contributed by atoms with Crippen molar-refractivity contribution in [1.82, 2.24) is 23.2 Å². The fourth-order valence-corrected chi connectivity index (χ4v) is 16.2. The summed E-state index contributed by atoms with van der Waals surface area (Å²) in [4.78, 5) is 49.9. The number of imidazole rings is 2. The van der Waals surface area contributed by atoms with Crippen LogP contribution >= 0.6 is 0 Å². The van der Waals surface area contributed by atoms with Crippen LogP contribution in [0.3, 0.4) is 0 Å². The number of rotatable bonds is 37. The third kappa shape index (κ3) is 12.4. The number of pyridine rings is 1. The van der Waals surface area contributed by atoms with E-state index in [1.54, 1.807) is 12.1 Å². The van der Waals surface area contributed by atoms with Gasteiger partial charge in [-0.3, -0.25) is 34.0 Å². The van der Waals surface area contributed by atoms with Crippen molar-refractivity contribution < 1.29 is 23.4 Å². The van der Waals surface area contributed by atoms with E-state index in [0.29, 0.717) is 70.8 Å². The van der Waals surface area contributed by atoms with E-state index < -0.39 is 37.3 Å². The zero-order valence-corrected chi connectivity index (χ0v) is 53.0. The number of sulfonamides is 1. The Bertz CT molecular complexity index is 4260. The molecule has 1 unspecified atom stereocenters. The fourth-order valence-electron chi connectivity index (χ4n) is 14.6.